The van der Waals surface area contributed by atoms with Crippen LogP contribution >= 0.6 is 0 Å². The van der Waals surface area contributed by atoms with Gasteiger partial charge in [0, 0.05) is 62.8 Å². The molecule has 1 unspecified atom stereocenters. The van der Waals surface area contributed by atoms with Crippen LogP contribution in [0.1, 0.15) is 54.0 Å². The Morgan fingerprint density at radius 1 is 1.03 bits per heavy atom. The van der Waals surface area contributed by atoms with Crippen molar-refractivity contribution < 1.29 is 4.79 Å². The first kappa shape index (κ1) is 23.7. The first-order chi connectivity index (χ1) is 16.0. The number of hydrogen-bond donors (Lipinski definition) is 0. The molecule has 4 rings (SSSR count). The highest BCUT2D eigenvalue weighted by Crippen LogP contribution is 2.22. The topological polar surface area (TPSA) is 48.8 Å². The van der Waals surface area contributed by atoms with E-state index in [-0.39, 0.29) is 11.3 Å². The van der Waals surface area contributed by atoms with Crippen molar-refractivity contribution in [1.29, 1.82) is 0 Å². The highest BCUT2D eigenvalue weighted by Gasteiger charge is 2.29. The molecule has 33 heavy (non-hydrogen) atoms. The number of nitrogens with zero attached hydrogens (tertiary/aromatic N) is 4. The number of aryl methyl sites for hydroxylation is 1. The maximum Gasteiger partial charge on any atom is 0.259 e. The highest BCUT2D eigenvalue weighted by molar-refractivity contribution is 5.95. The van der Waals surface area contributed by atoms with Gasteiger partial charge in [-0.15, -0.1) is 0 Å². The molecule has 0 N–H and O–H groups in total. The lowest BCUT2D eigenvalue weighted by atomic mass is 10.1. The maximum atomic E-state index is 13.6. The maximum absolute atomic E-state index is 13.6. The molecule has 2 saturated heterocycles. The van der Waals surface area contributed by atoms with Crippen molar-refractivity contribution in [3.63, 3.8) is 0 Å². The molecule has 1 atom stereocenters. The average Bonchev–Trinajstić information content (AvgIpc) is 3.28. The molecule has 0 saturated carbocycles. The van der Waals surface area contributed by atoms with Gasteiger partial charge in [0.25, 0.3) is 5.91 Å². The minimum absolute atomic E-state index is 0.0938. The van der Waals surface area contributed by atoms with E-state index < -0.39 is 0 Å². The van der Waals surface area contributed by atoms with E-state index in [1.54, 1.807) is 6.07 Å². The summed E-state index contributed by atoms with van der Waals surface area (Å²) < 4.78 is 2.25. The molecule has 0 spiro atoms. The van der Waals surface area contributed by atoms with Crippen LogP contribution in [0.2, 0.25) is 0 Å². The Morgan fingerprint density at radius 3 is 2.42 bits per heavy atom. The third-order valence-electron chi connectivity index (χ3n) is 7.38. The van der Waals surface area contributed by atoms with E-state index in [1.165, 1.54) is 18.4 Å². The predicted molar refractivity (Wildman–Crippen MR) is 133 cm³/mol. The second-order valence-corrected chi connectivity index (χ2v) is 9.41. The fraction of sp³-hybridized carbons (Fsp3) is 0.556. The lowest BCUT2D eigenvalue weighted by Gasteiger charge is -2.35. The molecule has 2 aliphatic rings. The van der Waals surface area contributed by atoms with Crippen LogP contribution in [0.3, 0.4) is 0 Å². The van der Waals surface area contributed by atoms with Crippen molar-refractivity contribution in [2.75, 3.05) is 39.3 Å². The number of amides is 1. The summed E-state index contributed by atoms with van der Waals surface area (Å²) in [5, 5.41) is 0. The van der Waals surface area contributed by atoms with Gasteiger partial charge in [-0.25, -0.2) is 0 Å². The lowest BCUT2D eigenvalue weighted by Crippen LogP contribution is -2.49. The van der Waals surface area contributed by atoms with Crippen LogP contribution in [0, 0.1) is 6.92 Å². The number of carbonyl (C=O) groups excluding carboxylic acids is 1. The molecule has 0 bridgehead atoms. The Balaban J connectivity index is 1.51. The largest absolute Gasteiger partial charge is 0.346 e. The summed E-state index contributed by atoms with van der Waals surface area (Å²) in [6.07, 6.45) is 3.08. The van der Waals surface area contributed by atoms with Gasteiger partial charge in [0.05, 0.1) is 0 Å². The van der Waals surface area contributed by atoms with Crippen molar-refractivity contribution in [2.45, 2.75) is 59.2 Å². The summed E-state index contributed by atoms with van der Waals surface area (Å²) in [6, 6.07) is 12.6. The highest BCUT2D eigenvalue weighted by atomic mass is 16.2. The van der Waals surface area contributed by atoms with Gasteiger partial charge in [0.15, 0.2) is 5.43 Å². The molecule has 1 aromatic heterocycles. The standard InChI is InChI=1S/C27H38N4O2/c1-4-24-26(25(32)18-21(3)31(24)20-23-12-9-13-29(23)5-2)27(33)30-16-14-28(15-17-30)19-22-10-7-6-8-11-22/h6-8,10-11,18,23H,4-5,9,12-17,19-20H2,1-3H3. The molecular formula is C27H38N4O2. The van der Waals surface area contributed by atoms with Gasteiger partial charge < -0.3 is 9.47 Å². The van der Waals surface area contributed by atoms with Crippen LogP contribution in [0.15, 0.2) is 41.2 Å². The van der Waals surface area contributed by atoms with E-state index in [4.69, 9.17) is 0 Å². The van der Waals surface area contributed by atoms with Crippen LogP contribution < -0.4 is 5.43 Å². The van der Waals surface area contributed by atoms with E-state index in [2.05, 4.69) is 52.5 Å². The zero-order valence-corrected chi connectivity index (χ0v) is 20.4. The van der Waals surface area contributed by atoms with Crippen molar-refractivity contribution >= 4 is 5.91 Å². The van der Waals surface area contributed by atoms with Gasteiger partial charge in [0.1, 0.15) is 5.56 Å². The van der Waals surface area contributed by atoms with Gasteiger partial charge in [-0.3, -0.25) is 19.4 Å². The molecule has 6 nitrogen and oxygen atoms in total. The fourth-order valence-electron chi connectivity index (χ4n) is 5.52. The minimum atomic E-state index is -0.129. The van der Waals surface area contributed by atoms with Gasteiger partial charge in [0.2, 0.25) is 0 Å². The first-order valence-corrected chi connectivity index (χ1v) is 12.5. The Hall–Kier alpha value is -2.44. The molecule has 178 valence electrons. The third-order valence-corrected chi connectivity index (χ3v) is 7.38. The second kappa shape index (κ2) is 10.7. The molecule has 2 aliphatic heterocycles. The number of hydrogen-bond acceptors (Lipinski definition) is 4. The molecule has 1 aromatic carbocycles. The van der Waals surface area contributed by atoms with Crippen molar-refractivity contribution in [1.82, 2.24) is 19.3 Å². The van der Waals surface area contributed by atoms with Crippen LogP contribution in [0.25, 0.3) is 0 Å². The number of likely N-dealkylation sites (N-methyl/N-ethyl adjacent to an activating group) is 1. The van der Waals surface area contributed by atoms with Crippen LogP contribution in [0.5, 0.6) is 0 Å². The average molecular weight is 451 g/mol. The second-order valence-electron chi connectivity index (χ2n) is 9.41. The summed E-state index contributed by atoms with van der Waals surface area (Å²) in [7, 11) is 0. The number of carbonyl (C=O) groups is 1. The third kappa shape index (κ3) is 5.22. The van der Waals surface area contributed by atoms with Gasteiger partial charge in [-0.2, -0.15) is 0 Å². The van der Waals surface area contributed by atoms with Crippen molar-refractivity contribution in [3.8, 4) is 0 Å². The van der Waals surface area contributed by atoms with E-state index in [1.807, 2.05) is 17.9 Å². The molecule has 6 heteroatoms. The molecule has 1 amide bonds. The van der Waals surface area contributed by atoms with Crippen molar-refractivity contribution in [3.05, 3.63) is 69.1 Å². The first-order valence-electron chi connectivity index (χ1n) is 12.5. The number of rotatable bonds is 7. The molecular weight excluding hydrogens is 412 g/mol. The molecule has 2 fully saturated rings. The van der Waals surface area contributed by atoms with Crippen LogP contribution in [0.4, 0.5) is 0 Å². The van der Waals surface area contributed by atoms with Crippen molar-refractivity contribution in [2.24, 2.45) is 0 Å². The van der Waals surface area contributed by atoms with Crippen LogP contribution in [-0.2, 0) is 19.5 Å². The smallest absolute Gasteiger partial charge is 0.259 e. The summed E-state index contributed by atoms with van der Waals surface area (Å²) in [5.74, 6) is -0.0938. The molecule has 0 radical (unpaired) electrons. The Labute approximate surface area is 197 Å². The lowest BCUT2D eigenvalue weighted by molar-refractivity contribution is 0.0624. The zero-order valence-electron chi connectivity index (χ0n) is 20.4. The monoisotopic (exact) mass is 450 g/mol. The van der Waals surface area contributed by atoms with E-state index >= 15 is 0 Å². The summed E-state index contributed by atoms with van der Waals surface area (Å²) >= 11 is 0. The molecule has 2 aromatic rings. The minimum Gasteiger partial charge on any atom is -0.346 e. The van der Waals surface area contributed by atoms with E-state index in [9.17, 15) is 9.59 Å². The number of piperazine rings is 1. The SMILES string of the molecule is CCc1c(C(=O)N2CCN(Cc3ccccc3)CC2)c(=O)cc(C)n1CC1CCCN1CC. The quantitative estimate of drug-likeness (QED) is 0.650. The van der Waals surface area contributed by atoms with Crippen LogP contribution in [-0.4, -0.2) is 70.5 Å². The Kier molecular flexibility index (Phi) is 7.66. The summed E-state index contributed by atoms with van der Waals surface area (Å²) in [4.78, 5) is 33.4. The normalized spacial score (nSPS) is 19.8. The Bertz CT molecular complexity index is 1010. The number of aromatic nitrogens is 1. The number of likely N-dealkylation sites (tertiary alicyclic amines) is 1. The summed E-state index contributed by atoms with van der Waals surface area (Å²) in [5.41, 5.74) is 3.42. The van der Waals surface area contributed by atoms with Gasteiger partial charge in [-0.05, 0) is 44.8 Å². The fourth-order valence-corrected chi connectivity index (χ4v) is 5.52. The van der Waals surface area contributed by atoms with E-state index in [0.717, 1.165) is 50.7 Å². The van der Waals surface area contributed by atoms with Gasteiger partial charge in [-0.1, -0.05) is 44.2 Å². The molecule has 0 aliphatic carbocycles. The number of benzene rings is 1. The number of pyridine rings is 1. The molecule has 3 heterocycles. The van der Waals surface area contributed by atoms with E-state index in [0.29, 0.717) is 31.1 Å². The Morgan fingerprint density at radius 2 is 1.76 bits per heavy atom. The predicted octanol–water partition coefficient (Wildman–Crippen LogP) is 3.16. The summed E-state index contributed by atoms with van der Waals surface area (Å²) in [6.45, 7) is 13.2. The van der Waals surface area contributed by atoms with Gasteiger partial charge >= 0.3 is 0 Å². The zero-order chi connectivity index (χ0) is 23.4.